The van der Waals surface area contributed by atoms with Crippen LogP contribution in [-0.4, -0.2) is 72.2 Å². The molecule has 3 N–H and O–H groups in total. The molecule has 17 heteroatoms. The quantitative estimate of drug-likeness (QED) is 0.104. The number of fused-ring (bicyclic) bond motifs is 2. The monoisotopic (exact) mass is 852 g/mol. The van der Waals surface area contributed by atoms with Gasteiger partial charge in [-0.15, -0.1) is 0 Å². The second-order valence-corrected chi connectivity index (χ2v) is 14.1. The Kier molecular flexibility index (Phi) is 15.2. The molecule has 2 aromatic heterocycles. The Morgan fingerprint density at radius 3 is 1.54 bits per heavy atom. The van der Waals surface area contributed by atoms with Crippen LogP contribution in [-0.2, 0) is 26.9 Å². The second kappa shape index (κ2) is 19.3. The number of phenolic OH excluding ortho intramolecular Hbond substituents is 1. The zero-order valence-corrected chi connectivity index (χ0v) is 34.1. The number of para-hydroxylation sites is 4. The molecule has 0 radical (unpaired) electrons. The van der Waals surface area contributed by atoms with Crippen molar-refractivity contribution in [3.63, 3.8) is 0 Å². The van der Waals surface area contributed by atoms with Gasteiger partial charge in [-0.25, -0.2) is 4.98 Å². The Bertz CT molecular complexity index is 2310. The molecule has 320 valence electrons. The van der Waals surface area contributed by atoms with Crippen LogP contribution in [0.2, 0.25) is 5.28 Å². The predicted octanol–water partition coefficient (Wildman–Crippen LogP) is 10.3. The highest BCUT2D eigenvalue weighted by Crippen LogP contribution is 2.39. The van der Waals surface area contributed by atoms with Crippen LogP contribution >= 0.6 is 11.6 Å². The van der Waals surface area contributed by atoms with E-state index in [1.54, 1.807) is 22.8 Å². The summed E-state index contributed by atoms with van der Waals surface area (Å²) >= 11 is 5.80. The van der Waals surface area contributed by atoms with Crippen molar-refractivity contribution < 1.29 is 55.9 Å². The summed E-state index contributed by atoms with van der Waals surface area (Å²) in [5.74, 6) is 0.898. The normalized spacial score (nSPS) is 13.7. The molecule has 0 aliphatic heterocycles. The molecule has 0 saturated carbocycles. The summed E-state index contributed by atoms with van der Waals surface area (Å²) in [5.41, 5.74) is -0.519. The van der Waals surface area contributed by atoms with Crippen molar-refractivity contribution in [2.24, 2.45) is 14.1 Å². The van der Waals surface area contributed by atoms with Crippen LogP contribution in [0.3, 0.4) is 0 Å². The van der Waals surface area contributed by atoms with E-state index < -0.39 is 49.2 Å². The number of hydrogen-bond donors (Lipinski definition) is 3. The Labute approximate surface area is 342 Å². The van der Waals surface area contributed by atoms with Crippen LogP contribution in [0.25, 0.3) is 22.1 Å². The summed E-state index contributed by atoms with van der Waals surface area (Å²) < 4.78 is 97.1. The Morgan fingerprint density at radius 1 is 0.627 bits per heavy atom. The molecular formula is C42H47ClF6N4O6. The van der Waals surface area contributed by atoms with Gasteiger partial charge in [0.1, 0.15) is 0 Å². The van der Waals surface area contributed by atoms with Gasteiger partial charge in [0.25, 0.3) is 0 Å². The van der Waals surface area contributed by atoms with Gasteiger partial charge in [0.2, 0.25) is 5.28 Å². The SMILES string of the molecule is CCC(O)(CCc1ccc(O)c(OC)c1)C(F)(F)F.CCC(O)(CCc1ccc(Oc2nc3ccccc3n2C)c(OC)c1)C(F)(F)F.Cn1c(Cl)nc2ccccc21. The van der Waals surface area contributed by atoms with E-state index >= 15 is 0 Å². The lowest BCUT2D eigenvalue weighted by Gasteiger charge is -2.29. The molecule has 0 bridgehead atoms. The number of alkyl halides is 6. The fourth-order valence-corrected chi connectivity index (χ4v) is 6.18. The molecule has 0 aliphatic carbocycles. The van der Waals surface area contributed by atoms with Crippen molar-refractivity contribution >= 4 is 33.7 Å². The maximum Gasteiger partial charge on any atom is 0.417 e. The maximum atomic E-state index is 13.1. The van der Waals surface area contributed by atoms with Gasteiger partial charge in [0, 0.05) is 14.1 Å². The molecular weight excluding hydrogens is 806 g/mol. The topological polar surface area (TPSA) is 124 Å². The van der Waals surface area contributed by atoms with E-state index in [-0.39, 0.29) is 24.3 Å². The number of aromatic hydroxyl groups is 1. The standard InChI is InChI=1S/C21H23F3N2O3.C13H17F3O3.C8H7ClN2/c1-4-20(27,21(22,23)24)12-11-14-9-10-17(18(13-14)28-3)29-19-25-15-7-5-6-8-16(15)26(19)2;1-3-12(18,13(14,15)16)7-6-9-4-5-10(17)11(8-9)19-2;1-11-7-5-3-2-4-6(7)10-8(11)9/h5-10,13,27H,4,11-12H2,1-3H3;4-5,8,17-18H,3,6-7H2,1-2H3;2-5H,1H3. The van der Waals surface area contributed by atoms with Crippen LogP contribution in [0.5, 0.6) is 29.0 Å². The molecule has 0 aliphatic rings. The molecule has 0 amide bonds. The largest absolute Gasteiger partial charge is 0.504 e. The second-order valence-electron chi connectivity index (χ2n) is 13.7. The third-order valence-electron chi connectivity index (χ3n) is 10.0. The molecule has 0 saturated heterocycles. The van der Waals surface area contributed by atoms with Gasteiger partial charge >= 0.3 is 18.4 Å². The highest BCUT2D eigenvalue weighted by atomic mass is 35.5. The Morgan fingerprint density at radius 2 is 1.08 bits per heavy atom. The van der Waals surface area contributed by atoms with Crippen molar-refractivity contribution in [1.29, 1.82) is 0 Å². The van der Waals surface area contributed by atoms with E-state index in [0.717, 1.165) is 22.1 Å². The lowest BCUT2D eigenvalue weighted by atomic mass is 9.91. The molecule has 4 aromatic carbocycles. The first-order chi connectivity index (χ1) is 27.7. The van der Waals surface area contributed by atoms with E-state index in [1.807, 2.05) is 67.2 Å². The molecule has 6 rings (SSSR count). The number of benzene rings is 4. The number of hydrogen-bond acceptors (Lipinski definition) is 8. The van der Waals surface area contributed by atoms with Crippen LogP contribution in [0.15, 0.2) is 84.9 Å². The van der Waals surface area contributed by atoms with Crippen LogP contribution in [0, 0.1) is 0 Å². The van der Waals surface area contributed by atoms with E-state index in [4.69, 9.17) is 25.8 Å². The summed E-state index contributed by atoms with van der Waals surface area (Å²) in [4.78, 5) is 8.58. The Hall–Kier alpha value is -5.19. The fraction of sp³-hybridized carbons (Fsp3) is 0.381. The van der Waals surface area contributed by atoms with E-state index in [1.165, 1.54) is 46.3 Å². The first kappa shape index (κ1) is 46.5. The number of rotatable bonds is 12. The van der Waals surface area contributed by atoms with Crippen molar-refractivity contribution in [3.05, 3.63) is 101 Å². The number of halogens is 7. The third kappa shape index (κ3) is 11.1. The first-order valence-corrected chi connectivity index (χ1v) is 18.9. The van der Waals surface area contributed by atoms with Gasteiger partial charge in [-0.1, -0.05) is 50.2 Å². The van der Waals surface area contributed by atoms with E-state index in [0.29, 0.717) is 33.9 Å². The summed E-state index contributed by atoms with van der Waals surface area (Å²) in [6, 6.07) is 25.0. The minimum absolute atomic E-state index is 0.0422. The number of imidazole rings is 2. The average Bonchev–Trinajstić information content (AvgIpc) is 3.69. The van der Waals surface area contributed by atoms with Crippen molar-refractivity contribution in [2.45, 2.75) is 75.9 Å². The molecule has 6 aromatic rings. The first-order valence-electron chi connectivity index (χ1n) is 18.5. The van der Waals surface area contributed by atoms with Crippen LogP contribution < -0.4 is 14.2 Å². The molecule has 10 nitrogen and oxygen atoms in total. The van der Waals surface area contributed by atoms with Crippen LogP contribution in [0.1, 0.15) is 50.7 Å². The van der Waals surface area contributed by atoms with Crippen molar-refractivity contribution in [2.75, 3.05) is 14.2 Å². The molecule has 2 atom stereocenters. The molecule has 2 unspecified atom stereocenters. The summed E-state index contributed by atoms with van der Waals surface area (Å²) in [6.07, 6.45) is -10.9. The minimum Gasteiger partial charge on any atom is -0.504 e. The smallest absolute Gasteiger partial charge is 0.417 e. The van der Waals surface area contributed by atoms with Gasteiger partial charge in [0.05, 0.1) is 36.3 Å². The third-order valence-corrected chi connectivity index (χ3v) is 10.4. The lowest BCUT2D eigenvalue weighted by molar-refractivity contribution is -0.263. The molecule has 59 heavy (non-hydrogen) atoms. The molecule has 0 spiro atoms. The van der Waals surface area contributed by atoms with Gasteiger partial charge in [-0.05, 0) is 110 Å². The zero-order chi connectivity index (χ0) is 43.8. The van der Waals surface area contributed by atoms with Crippen molar-refractivity contribution in [3.8, 4) is 29.0 Å². The number of nitrogens with zero attached hydrogens (tertiary/aromatic N) is 4. The summed E-state index contributed by atoms with van der Waals surface area (Å²) in [5, 5.41) is 29.4. The van der Waals surface area contributed by atoms with Gasteiger partial charge in [-0.3, -0.25) is 4.57 Å². The van der Waals surface area contributed by atoms with Crippen molar-refractivity contribution in [1.82, 2.24) is 19.1 Å². The van der Waals surface area contributed by atoms with E-state index in [2.05, 4.69) is 9.97 Å². The maximum absolute atomic E-state index is 13.1. The number of aliphatic hydroxyl groups is 2. The number of phenols is 1. The molecule has 2 heterocycles. The van der Waals surface area contributed by atoms with Gasteiger partial charge < -0.3 is 34.1 Å². The van der Waals surface area contributed by atoms with Gasteiger partial charge in [0.15, 0.2) is 34.2 Å². The fourth-order valence-electron chi connectivity index (χ4n) is 6.00. The lowest BCUT2D eigenvalue weighted by Crippen LogP contribution is -2.44. The average molecular weight is 853 g/mol. The predicted molar refractivity (Wildman–Crippen MR) is 213 cm³/mol. The Balaban J connectivity index is 0.000000218. The minimum atomic E-state index is -4.67. The highest BCUT2D eigenvalue weighted by molar-refractivity contribution is 6.29. The number of ether oxygens (including phenoxy) is 3. The number of methoxy groups -OCH3 is 2. The summed E-state index contributed by atoms with van der Waals surface area (Å²) in [6.45, 7) is 2.62. The molecule has 0 fully saturated rings. The van der Waals surface area contributed by atoms with E-state index in [9.17, 15) is 41.7 Å². The highest BCUT2D eigenvalue weighted by Gasteiger charge is 2.52. The number of aromatic nitrogens is 4. The number of aryl methyl sites for hydroxylation is 4. The van der Waals surface area contributed by atoms with Gasteiger partial charge in [-0.2, -0.15) is 31.3 Å². The summed E-state index contributed by atoms with van der Waals surface area (Å²) in [7, 11) is 6.54. The zero-order valence-electron chi connectivity index (χ0n) is 33.3. The van der Waals surface area contributed by atoms with Crippen LogP contribution in [0.4, 0.5) is 26.3 Å².